The maximum atomic E-state index is 2.43. The predicted octanol–water partition coefficient (Wildman–Crippen LogP) is 9.78. The van der Waals surface area contributed by atoms with Crippen LogP contribution in [0.3, 0.4) is 0 Å². The third-order valence-electron chi connectivity index (χ3n) is 7.17. The molecule has 0 spiro atoms. The molecule has 7 aromatic rings. The van der Waals surface area contributed by atoms with Crippen molar-refractivity contribution in [3.8, 4) is 39.1 Å². The highest BCUT2D eigenvalue weighted by Crippen LogP contribution is 2.40. The fourth-order valence-corrected chi connectivity index (χ4v) is 5.49. The lowest BCUT2D eigenvalue weighted by atomic mass is 9.98. The zero-order chi connectivity index (χ0) is 24.6. The van der Waals surface area contributed by atoms with Crippen molar-refractivity contribution in [3.05, 3.63) is 152 Å². The second-order valence-electron chi connectivity index (χ2n) is 9.42. The van der Waals surface area contributed by atoms with Crippen LogP contribution in [-0.4, -0.2) is 4.57 Å². The lowest BCUT2D eigenvalue weighted by Gasteiger charge is -2.14. The summed E-state index contributed by atoms with van der Waals surface area (Å²) >= 11 is 0. The first-order chi connectivity index (χ1) is 18.4. The van der Waals surface area contributed by atoms with E-state index >= 15 is 0 Å². The van der Waals surface area contributed by atoms with E-state index in [9.17, 15) is 0 Å². The number of aromatic nitrogens is 1. The van der Waals surface area contributed by atoms with Crippen molar-refractivity contribution in [2.45, 2.75) is 0 Å². The first-order valence-corrected chi connectivity index (χ1v) is 12.7. The summed E-state index contributed by atoms with van der Waals surface area (Å²) in [6.45, 7) is 0. The Kier molecular flexibility index (Phi) is 5.19. The summed E-state index contributed by atoms with van der Waals surface area (Å²) in [5, 5.41) is 2.55. The number of nitrogens with zero attached hydrogens (tertiary/aromatic N) is 1. The topological polar surface area (TPSA) is 4.93 Å². The average molecular weight is 472 g/mol. The van der Waals surface area contributed by atoms with Crippen LogP contribution in [0.4, 0.5) is 0 Å². The lowest BCUT2D eigenvalue weighted by molar-refractivity contribution is 1.18. The maximum Gasteiger partial charge on any atom is 0.0547 e. The fourth-order valence-electron chi connectivity index (χ4n) is 5.49. The summed E-state index contributed by atoms with van der Waals surface area (Å²) in [6, 6.07) is 54.4. The van der Waals surface area contributed by atoms with Gasteiger partial charge < -0.3 is 4.57 Å². The Hall–Kier alpha value is -4.88. The second-order valence-corrected chi connectivity index (χ2v) is 9.42. The molecule has 0 radical (unpaired) electrons. The van der Waals surface area contributed by atoms with Gasteiger partial charge in [0.15, 0.2) is 0 Å². The van der Waals surface area contributed by atoms with E-state index in [-0.39, 0.29) is 0 Å². The van der Waals surface area contributed by atoms with E-state index in [4.69, 9.17) is 0 Å². The van der Waals surface area contributed by atoms with Crippen molar-refractivity contribution < 1.29 is 0 Å². The lowest BCUT2D eigenvalue weighted by Crippen LogP contribution is -1.96. The number of para-hydroxylation sites is 1. The Morgan fingerprint density at radius 1 is 0.351 bits per heavy atom. The van der Waals surface area contributed by atoms with Crippen LogP contribution in [0.2, 0.25) is 0 Å². The van der Waals surface area contributed by atoms with Crippen molar-refractivity contribution in [3.63, 3.8) is 0 Å². The van der Waals surface area contributed by atoms with E-state index in [1.54, 1.807) is 0 Å². The molecule has 0 saturated carbocycles. The van der Waals surface area contributed by atoms with Gasteiger partial charge in [0.1, 0.15) is 0 Å². The predicted molar refractivity (Wildman–Crippen MR) is 157 cm³/mol. The fraction of sp³-hybridized carbons (Fsp3) is 0. The molecule has 0 aliphatic carbocycles. The Morgan fingerprint density at radius 3 is 1.49 bits per heavy atom. The molecule has 6 aromatic carbocycles. The van der Waals surface area contributed by atoms with Crippen LogP contribution in [0.5, 0.6) is 0 Å². The summed E-state index contributed by atoms with van der Waals surface area (Å²) in [4.78, 5) is 0. The SMILES string of the molecule is c1ccc(-c2cc(-c3ccccc3)cc(-n3c4ccccc4c4c(-c5ccccc5)cccc43)c2)cc1. The van der Waals surface area contributed by atoms with Crippen LogP contribution < -0.4 is 0 Å². The molecular formula is C36H25N. The van der Waals surface area contributed by atoms with Crippen molar-refractivity contribution in [1.82, 2.24) is 4.57 Å². The second kappa shape index (κ2) is 8.96. The van der Waals surface area contributed by atoms with Gasteiger partial charge in [-0.05, 0) is 63.7 Å². The molecular weight excluding hydrogens is 446 g/mol. The van der Waals surface area contributed by atoms with Gasteiger partial charge in [-0.1, -0.05) is 121 Å². The average Bonchev–Trinajstić information content (AvgIpc) is 3.33. The third-order valence-corrected chi connectivity index (χ3v) is 7.17. The summed E-state index contributed by atoms with van der Waals surface area (Å²) in [7, 11) is 0. The van der Waals surface area contributed by atoms with Crippen molar-refractivity contribution in [2.24, 2.45) is 0 Å². The van der Waals surface area contributed by atoms with Gasteiger partial charge in [-0.15, -0.1) is 0 Å². The van der Waals surface area contributed by atoms with Crippen LogP contribution in [0.15, 0.2) is 152 Å². The molecule has 0 unspecified atom stereocenters. The molecule has 174 valence electrons. The molecule has 0 atom stereocenters. The molecule has 1 heteroatoms. The van der Waals surface area contributed by atoms with E-state index in [0.29, 0.717) is 0 Å². The molecule has 37 heavy (non-hydrogen) atoms. The summed E-state index contributed by atoms with van der Waals surface area (Å²) in [5.41, 5.74) is 10.9. The minimum absolute atomic E-state index is 1.16. The van der Waals surface area contributed by atoms with Gasteiger partial charge in [-0.25, -0.2) is 0 Å². The van der Waals surface area contributed by atoms with Crippen molar-refractivity contribution in [2.75, 3.05) is 0 Å². The van der Waals surface area contributed by atoms with Gasteiger partial charge >= 0.3 is 0 Å². The molecule has 0 amide bonds. The third kappa shape index (κ3) is 3.73. The van der Waals surface area contributed by atoms with Gasteiger partial charge in [0.2, 0.25) is 0 Å². The Bertz CT molecular complexity index is 1790. The normalized spacial score (nSPS) is 11.2. The maximum absolute atomic E-state index is 2.43. The van der Waals surface area contributed by atoms with E-state index < -0.39 is 0 Å². The van der Waals surface area contributed by atoms with Crippen molar-refractivity contribution >= 4 is 21.8 Å². The van der Waals surface area contributed by atoms with Gasteiger partial charge in [0.25, 0.3) is 0 Å². The monoisotopic (exact) mass is 471 g/mol. The molecule has 0 aliphatic rings. The Labute approximate surface area is 216 Å². The highest BCUT2D eigenvalue weighted by molar-refractivity contribution is 6.15. The summed E-state index contributed by atoms with van der Waals surface area (Å²) in [6.07, 6.45) is 0. The Balaban J connectivity index is 1.56. The van der Waals surface area contributed by atoms with E-state index in [1.165, 1.54) is 55.2 Å². The number of benzene rings is 6. The molecule has 1 aromatic heterocycles. The molecule has 0 bridgehead atoms. The molecule has 0 fully saturated rings. The van der Waals surface area contributed by atoms with Gasteiger partial charge in [-0.2, -0.15) is 0 Å². The highest BCUT2D eigenvalue weighted by atomic mass is 15.0. The van der Waals surface area contributed by atoms with Crippen LogP contribution in [0, 0.1) is 0 Å². The zero-order valence-corrected chi connectivity index (χ0v) is 20.4. The minimum atomic E-state index is 1.16. The van der Waals surface area contributed by atoms with Crippen LogP contribution in [-0.2, 0) is 0 Å². The molecule has 1 nitrogen and oxygen atoms in total. The van der Waals surface area contributed by atoms with Crippen LogP contribution >= 0.6 is 0 Å². The number of hydrogen-bond donors (Lipinski definition) is 0. The molecule has 7 rings (SSSR count). The Morgan fingerprint density at radius 2 is 0.865 bits per heavy atom. The first-order valence-electron chi connectivity index (χ1n) is 12.7. The quantitative estimate of drug-likeness (QED) is 0.241. The smallest absolute Gasteiger partial charge is 0.0547 e. The van der Waals surface area contributed by atoms with Gasteiger partial charge in [-0.3, -0.25) is 0 Å². The van der Waals surface area contributed by atoms with E-state index in [1.807, 2.05) is 0 Å². The van der Waals surface area contributed by atoms with E-state index in [0.717, 1.165) is 5.69 Å². The summed E-state index contributed by atoms with van der Waals surface area (Å²) in [5.74, 6) is 0. The molecule has 0 N–H and O–H groups in total. The highest BCUT2D eigenvalue weighted by Gasteiger charge is 2.17. The number of hydrogen-bond acceptors (Lipinski definition) is 0. The van der Waals surface area contributed by atoms with Gasteiger partial charge in [0.05, 0.1) is 11.0 Å². The van der Waals surface area contributed by atoms with Gasteiger partial charge in [0, 0.05) is 16.5 Å². The minimum Gasteiger partial charge on any atom is -0.309 e. The molecule has 0 saturated heterocycles. The number of rotatable bonds is 4. The van der Waals surface area contributed by atoms with Crippen LogP contribution in [0.25, 0.3) is 60.9 Å². The molecule has 1 heterocycles. The number of fused-ring (bicyclic) bond motifs is 3. The molecule has 0 aliphatic heterocycles. The van der Waals surface area contributed by atoms with E-state index in [2.05, 4.69) is 156 Å². The first kappa shape index (κ1) is 21.4. The largest absolute Gasteiger partial charge is 0.309 e. The van der Waals surface area contributed by atoms with Crippen LogP contribution in [0.1, 0.15) is 0 Å². The zero-order valence-electron chi connectivity index (χ0n) is 20.4. The summed E-state index contributed by atoms with van der Waals surface area (Å²) < 4.78 is 2.43. The standard InChI is InChI=1S/C36H25N/c1-4-13-26(14-5-1)29-23-30(27-15-6-2-7-16-27)25-31(24-29)37-34-21-11-10-19-33(34)36-32(20-12-22-35(36)37)28-17-8-3-9-18-28/h1-25H. The van der Waals surface area contributed by atoms with Crippen molar-refractivity contribution in [1.29, 1.82) is 0 Å².